The van der Waals surface area contributed by atoms with Gasteiger partial charge in [-0.05, 0) is 31.0 Å². The smallest absolute Gasteiger partial charge is 0.268 e. The zero-order valence-corrected chi connectivity index (χ0v) is 19.8. The van der Waals surface area contributed by atoms with Crippen LogP contribution < -0.4 is 16.1 Å². The molecule has 0 unspecified atom stereocenters. The van der Waals surface area contributed by atoms with E-state index in [0.717, 1.165) is 11.3 Å². The Balaban J connectivity index is 1.94. The Labute approximate surface area is 196 Å². The zero-order chi connectivity index (χ0) is 24.8. The van der Waals surface area contributed by atoms with Crippen molar-refractivity contribution in [1.29, 1.82) is 0 Å². The SMILES string of the molecule is Cc1cc(-c2cc(=O)c3c(C(N)=O)nccc3[nH]2)c(N2CCCC(F)(F)CC2)nc1C(C)(C)C. The van der Waals surface area contributed by atoms with Crippen molar-refractivity contribution >= 4 is 22.6 Å². The van der Waals surface area contributed by atoms with Crippen molar-refractivity contribution in [3.05, 3.63) is 51.6 Å². The molecular formula is C25H29F2N5O2. The molecule has 4 heterocycles. The van der Waals surface area contributed by atoms with Crippen LogP contribution in [0.1, 0.15) is 61.8 Å². The van der Waals surface area contributed by atoms with Gasteiger partial charge in [0.15, 0.2) is 5.43 Å². The highest BCUT2D eigenvalue weighted by Gasteiger charge is 2.33. The van der Waals surface area contributed by atoms with Gasteiger partial charge in [-0.3, -0.25) is 14.6 Å². The monoisotopic (exact) mass is 469 g/mol. The Kier molecular flexibility index (Phi) is 5.91. The van der Waals surface area contributed by atoms with Crippen molar-refractivity contribution in [2.75, 3.05) is 18.0 Å². The maximum absolute atomic E-state index is 14.1. The van der Waals surface area contributed by atoms with E-state index in [0.29, 0.717) is 35.6 Å². The van der Waals surface area contributed by atoms with E-state index in [9.17, 15) is 18.4 Å². The number of anilines is 1. The number of carbonyl (C=O) groups is 1. The summed E-state index contributed by atoms with van der Waals surface area (Å²) in [6.07, 6.45) is 1.34. The molecule has 3 aromatic heterocycles. The number of amides is 1. The number of nitrogens with two attached hydrogens (primary N) is 1. The number of nitrogens with one attached hydrogen (secondary N) is 1. The van der Waals surface area contributed by atoms with Crippen LogP contribution in [0.4, 0.5) is 14.6 Å². The first-order valence-electron chi connectivity index (χ1n) is 11.3. The van der Waals surface area contributed by atoms with Gasteiger partial charge in [0.05, 0.1) is 22.3 Å². The highest BCUT2D eigenvalue weighted by atomic mass is 19.3. The van der Waals surface area contributed by atoms with E-state index in [1.807, 2.05) is 17.9 Å². The molecule has 1 aliphatic rings. The lowest BCUT2D eigenvalue weighted by atomic mass is 9.88. The van der Waals surface area contributed by atoms with Crippen molar-refractivity contribution in [1.82, 2.24) is 15.0 Å². The molecule has 0 bridgehead atoms. The standard InChI is InChI=1S/C25H29F2N5O2/c1-14-12-15(17-13-18(33)19-16(30-17)6-9-29-20(19)22(28)34)23(31-21(14)24(2,3)4)32-10-5-7-25(26,27)8-11-32/h6,9,12-13H,5,7-8,10-11H2,1-4H3,(H2,28,34)(H,30,33). The molecule has 0 aromatic carbocycles. The summed E-state index contributed by atoms with van der Waals surface area (Å²) in [6.45, 7) is 8.71. The maximum Gasteiger partial charge on any atom is 0.268 e. The highest BCUT2D eigenvalue weighted by Crippen LogP contribution is 2.37. The lowest BCUT2D eigenvalue weighted by Gasteiger charge is -2.29. The Morgan fingerprint density at radius 2 is 1.94 bits per heavy atom. The van der Waals surface area contributed by atoms with E-state index in [1.165, 1.54) is 12.3 Å². The second-order valence-corrected chi connectivity index (χ2v) is 9.97. The second-order valence-electron chi connectivity index (χ2n) is 9.97. The van der Waals surface area contributed by atoms with Gasteiger partial charge in [0.1, 0.15) is 11.5 Å². The van der Waals surface area contributed by atoms with Crippen LogP contribution in [0.5, 0.6) is 0 Å². The number of hydrogen-bond donors (Lipinski definition) is 2. The Morgan fingerprint density at radius 3 is 2.62 bits per heavy atom. The van der Waals surface area contributed by atoms with Crippen molar-refractivity contribution in [2.45, 2.75) is 58.3 Å². The topological polar surface area (TPSA) is 105 Å². The molecule has 1 saturated heterocycles. The molecule has 9 heteroatoms. The van der Waals surface area contributed by atoms with Crippen LogP contribution in [-0.2, 0) is 5.41 Å². The summed E-state index contributed by atoms with van der Waals surface area (Å²) in [7, 11) is 0. The van der Waals surface area contributed by atoms with Crippen LogP contribution in [0.2, 0.25) is 0 Å². The molecule has 0 saturated carbocycles. The first-order valence-corrected chi connectivity index (χ1v) is 11.3. The van der Waals surface area contributed by atoms with Crippen molar-refractivity contribution < 1.29 is 13.6 Å². The molecule has 3 aromatic rings. The van der Waals surface area contributed by atoms with E-state index in [1.54, 1.807) is 6.07 Å². The fraction of sp³-hybridized carbons (Fsp3) is 0.440. The normalized spacial score (nSPS) is 16.5. The van der Waals surface area contributed by atoms with Crippen molar-refractivity contribution in [2.24, 2.45) is 5.73 Å². The number of rotatable bonds is 3. The van der Waals surface area contributed by atoms with Gasteiger partial charge in [-0.15, -0.1) is 0 Å². The van der Waals surface area contributed by atoms with Crippen LogP contribution >= 0.6 is 0 Å². The number of halogens is 2. The van der Waals surface area contributed by atoms with Crippen LogP contribution in [0, 0.1) is 6.92 Å². The minimum absolute atomic E-state index is 0.0994. The molecule has 1 aliphatic heterocycles. The number of primary amides is 1. The number of alkyl halides is 2. The number of pyridine rings is 3. The summed E-state index contributed by atoms with van der Waals surface area (Å²) in [5, 5.41) is 0.116. The summed E-state index contributed by atoms with van der Waals surface area (Å²) >= 11 is 0. The predicted octanol–water partition coefficient (Wildman–Crippen LogP) is 4.32. The van der Waals surface area contributed by atoms with Crippen molar-refractivity contribution in [3.63, 3.8) is 0 Å². The van der Waals surface area contributed by atoms with Gasteiger partial charge in [-0.1, -0.05) is 20.8 Å². The average molecular weight is 470 g/mol. The summed E-state index contributed by atoms with van der Waals surface area (Å²) in [6, 6.07) is 4.93. The number of nitrogens with zero attached hydrogens (tertiary/aromatic N) is 3. The van der Waals surface area contributed by atoms with Crippen LogP contribution in [-0.4, -0.2) is 39.9 Å². The van der Waals surface area contributed by atoms with Crippen molar-refractivity contribution in [3.8, 4) is 11.3 Å². The van der Waals surface area contributed by atoms with Gasteiger partial charge in [-0.2, -0.15) is 0 Å². The molecule has 3 N–H and O–H groups in total. The molecule has 4 rings (SSSR count). The number of aromatic nitrogens is 3. The Morgan fingerprint density at radius 1 is 1.21 bits per heavy atom. The molecular weight excluding hydrogens is 440 g/mol. The first kappa shape index (κ1) is 23.8. The van der Waals surface area contributed by atoms with E-state index >= 15 is 0 Å². The lowest BCUT2D eigenvalue weighted by Crippen LogP contribution is -2.29. The molecule has 0 aliphatic carbocycles. The van der Waals surface area contributed by atoms with Crippen LogP contribution in [0.3, 0.4) is 0 Å². The summed E-state index contributed by atoms with van der Waals surface area (Å²) in [5.41, 5.74) is 7.98. The molecule has 1 amide bonds. The number of aryl methyl sites for hydroxylation is 1. The first-order chi connectivity index (χ1) is 15.9. The third kappa shape index (κ3) is 4.51. The lowest BCUT2D eigenvalue weighted by molar-refractivity contribution is -0.0102. The van der Waals surface area contributed by atoms with E-state index in [2.05, 4.69) is 30.7 Å². The summed E-state index contributed by atoms with van der Waals surface area (Å²) < 4.78 is 28.2. The van der Waals surface area contributed by atoms with Gasteiger partial charge in [0, 0.05) is 49.2 Å². The van der Waals surface area contributed by atoms with E-state index < -0.39 is 17.3 Å². The number of fused-ring (bicyclic) bond motifs is 1. The predicted molar refractivity (Wildman–Crippen MR) is 129 cm³/mol. The highest BCUT2D eigenvalue weighted by molar-refractivity contribution is 6.03. The van der Waals surface area contributed by atoms with E-state index in [4.69, 9.17) is 10.7 Å². The number of hydrogen-bond acceptors (Lipinski definition) is 5. The quantitative estimate of drug-likeness (QED) is 0.595. The largest absolute Gasteiger partial charge is 0.364 e. The average Bonchev–Trinajstić information content (AvgIpc) is 2.92. The molecule has 0 atom stereocenters. The number of carbonyl (C=O) groups excluding carboxylic acids is 1. The third-order valence-corrected chi connectivity index (χ3v) is 6.19. The van der Waals surface area contributed by atoms with Crippen LogP contribution in [0.15, 0.2) is 29.2 Å². The molecule has 180 valence electrons. The molecule has 0 radical (unpaired) electrons. The summed E-state index contributed by atoms with van der Waals surface area (Å²) in [4.78, 5) is 38.8. The van der Waals surface area contributed by atoms with Gasteiger partial charge in [-0.25, -0.2) is 13.8 Å². The van der Waals surface area contributed by atoms with Gasteiger partial charge in [0.25, 0.3) is 5.91 Å². The Bertz CT molecular complexity index is 1330. The maximum atomic E-state index is 14.1. The molecule has 0 spiro atoms. The molecule has 34 heavy (non-hydrogen) atoms. The second kappa shape index (κ2) is 8.45. The summed E-state index contributed by atoms with van der Waals surface area (Å²) in [5.74, 6) is -2.93. The minimum Gasteiger partial charge on any atom is -0.364 e. The van der Waals surface area contributed by atoms with E-state index in [-0.39, 0.29) is 35.9 Å². The molecule has 7 nitrogen and oxygen atoms in total. The molecule has 1 fully saturated rings. The third-order valence-electron chi connectivity index (χ3n) is 6.19. The van der Waals surface area contributed by atoms with Gasteiger partial charge in [0.2, 0.25) is 5.92 Å². The zero-order valence-electron chi connectivity index (χ0n) is 19.8. The fourth-order valence-electron chi connectivity index (χ4n) is 4.61. The number of H-pyrrole nitrogens is 1. The number of aromatic amines is 1. The van der Waals surface area contributed by atoms with Crippen LogP contribution in [0.25, 0.3) is 22.2 Å². The van der Waals surface area contributed by atoms with Gasteiger partial charge >= 0.3 is 0 Å². The fourth-order valence-corrected chi connectivity index (χ4v) is 4.61. The van der Waals surface area contributed by atoms with Gasteiger partial charge < -0.3 is 15.6 Å². The Hall–Kier alpha value is -3.36. The minimum atomic E-state index is -2.71.